The summed E-state index contributed by atoms with van der Waals surface area (Å²) in [5, 5.41) is 2.80. The van der Waals surface area contributed by atoms with Gasteiger partial charge in [0.1, 0.15) is 17.9 Å². The quantitative estimate of drug-likeness (QED) is 0.319. The van der Waals surface area contributed by atoms with Gasteiger partial charge >= 0.3 is 0 Å². The number of nitrogens with zero attached hydrogens (tertiary/aromatic N) is 2. The van der Waals surface area contributed by atoms with E-state index in [1.165, 1.54) is 0 Å². The molecular weight excluding hydrogens is 268 g/mol. The number of carbonyl (C=O) groups excluding carboxylic acids is 2. The van der Waals surface area contributed by atoms with E-state index in [4.69, 9.17) is 17.3 Å². The number of nitrogens with two attached hydrogens (primary N) is 1. The highest BCUT2D eigenvalue weighted by Gasteiger charge is 2.42. The lowest BCUT2D eigenvalue weighted by Crippen LogP contribution is -2.61. The van der Waals surface area contributed by atoms with Crippen LogP contribution in [0.25, 0.3) is 0 Å². The Labute approximate surface area is 117 Å². The fourth-order valence-corrected chi connectivity index (χ4v) is 2.67. The van der Waals surface area contributed by atoms with Crippen LogP contribution in [0.3, 0.4) is 0 Å². The van der Waals surface area contributed by atoms with E-state index in [-0.39, 0.29) is 23.7 Å². The number of amidine groups is 1. The van der Waals surface area contributed by atoms with E-state index in [0.717, 1.165) is 12.8 Å². The fraction of sp³-hybridized carbons (Fsp3) is 0.750. The Morgan fingerprint density at radius 3 is 3.05 bits per heavy atom. The van der Waals surface area contributed by atoms with E-state index >= 15 is 0 Å². The minimum Gasteiger partial charge on any atom is -0.386 e. The smallest absolute Gasteiger partial charge is 0.245 e. The van der Waals surface area contributed by atoms with Crippen molar-refractivity contribution in [1.29, 1.82) is 0 Å². The van der Waals surface area contributed by atoms with Gasteiger partial charge in [0.05, 0.1) is 5.88 Å². The maximum Gasteiger partial charge on any atom is 0.245 e. The van der Waals surface area contributed by atoms with Gasteiger partial charge < -0.3 is 16.0 Å². The van der Waals surface area contributed by atoms with Crippen LogP contribution in [0.4, 0.5) is 0 Å². The number of hydrogen-bond donors (Lipinski definition) is 2. The van der Waals surface area contributed by atoms with Crippen LogP contribution in [0.15, 0.2) is 4.99 Å². The highest BCUT2D eigenvalue weighted by atomic mass is 35.5. The Bertz CT molecular complexity index is 399. The third kappa shape index (κ3) is 3.18. The zero-order chi connectivity index (χ0) is 13.8. The van der Waals surface area contributed by atoms with Gasteiger partial charge in [-0.15, -0.1) is 11.6 Å². The number of hydrogen-bond acceptors (Lipinski definition) is 3. The van der Waals surface area contributed by atoms with Gasteiger partial charge in [-0.2, -0.15) is 0 Å². The number of amides is 2. The van der Waals surface area contributed by atoms with Crippen LogP contribution in [-0.4, -0.2) is 53.6 Å². The van der Waals surface area contributed by atoms with Crippen molar-refractivity contribution in [3.63, 3.8) is 0 Å². The molecule has 0 saturated carbocycles. The van der Waals surface area contributed by atoms with Crippen molar-refractivity contribution in [2.24, 2.45) is 10.7 Å². The van der Waals surface area contributed by atoms with Crippen LogP contribution in [0.5, 0.6) is 0 Å². The molecule has 2 atom stereocenters. The summed E-state index contributed by atoms with van der Waals surface area (Å²) in [6, 6.07) is -0.650. The largest absolute Gasteiger partial charge is 0.386 e. The number of piperazine rings is 1. The van der Waals surface area contributed by atoms with E-state index < -0.39 is 6.04 Å². The first-order valence-electron chi connectivity index (χ1n) is 6.59. The summed E-state index contributed by atoms with van der Waals surface area (Å²) in [5.41, 5.74) is 5.48. The van der Waals surface area contributed by atoms with Crippen molar-refractivity contribution >= 4 is 29.3 Å². The van der Waals surface area contributed by atoms with Gasteiger partial charge in [0.2, 0.25) is 11.8 Å². The molecule has 0 bridgehead atoms. The molecule has 0 unspecified atom stereocenters. The third-order valence-corrected chi connectivity index (χ3v) is 3.83. The Morgan fingerprint density at radius 2 is 2.32 bits per heavy atom. The number of rotatable bonds is 5. The summed E-state index contributed by atoms with van der Waals surface area (Å²) < 4.78 is 0. The lowest BCUT2D eigenvalue weighted by molar-refractivity contribution is -0.147. The topological polar surface area (TPSA) is 87.8 Å². The first-order valence-corrected chi connectivity index (χ1v) is 7.12. The predicted molar refractivity (Wildman–Crippen MR) is 73.1 cm³/mol. The minimum absolute atomic E-state index is 0.0223. The molecule has 7 heteroatoms. The zero-order valence-electron chi connectivity index (χ0n) is 10.8. The van der Waals surface area contributed by atoms with Crippen molar-refractivity contribution in [2.75, 3.05) is 19.0 Å². The Morgan fingerprint density at radius 1 is 1.53 bits per heavy atom. The molecule has 2 aliphatic rings. The fourth-order valence-electron chi connectivity index (χ4n) is 2.59. The second kappa shape index (κ2) is 6.23. The lowest BCUT2D eigenvalue weighted by Gasteiger charge is -2.34. The number of halogens is 1. The molecule has 0 radical (unpaired) electrons. The minimum atomic E-state index is -0.408. The van der Waals surface area contributed by atoms with E-state index in [1.54, 1.807) is 4.90 Å². The Balaban J connectivity index is 1.84. The van der Waals surface area contributed by atoms with Crippen molar-refractivity contribution in [2.45, 2.75) is 37.8 Å². The van der Waals surface area contributed by atoms with Gasteiger partial charge in [0.15, 0.2) is 0 Å². The van der Waals surface area contributed by atoms with E-state index in [2.05, 4.69) is 10.3 Å². The van der Waals surface area contributed by atoms with Gasteiger partial charge in [-0.1, -0.05) is 0 Å². The first-order chi connectivity index (χ1) is 9.13. The molecule has 2 amide bonds. The van der Waals surface area contributed by atoms with Gasteiger partial charge in [-0.05, 0) is 25.7 Å². The van der Waals surface area contributed by atoms with Gasteiger partial charge in [0.25, 0.3) is 0 Å². The second-order valence-electron chi connectivity index (χ2n) is 4.90. The van der Waals surface area contributed by atoms with Crippen LogP contribution in [-0.2, 0) is 9.59 Å². The highest BCUT2D eigenvalue weighted by molar-refractivity contribution is 6.27. The molecule has 6 nitrogen and oxygen atoms in total. The number of carbonyl (C=O) groups is 2. The van der Waals surface area contributed by atoms with Crippen LogP contribution in [0.2, 0.25) is 0 Å². The van der Waals surface area contributed by atoms with Crippen LogP contribution < -0.4 is 11.1 Å². The monoisotopic (exact) mass is 286 g/mol. The number of alkyl halides is 1. The molecule has 2 heterocycles. The molecule has 0 aromatic rings. The average Bonchev–Trinajstić information content (AvgIpc) is 2.89. The van der Waals surface area contributed by atoms with Crippen LogP contribution in [0, 0.1) is 0 Å². The summed E-state index contributed by atoms with van der Waals surface area (Å²) in [4.78, 5) is 29.8. The summed E-state index contributed by atoms with van der Waals surface area (Å²) >= 11 is 5.51. The van der Waals surface area contributed by atoms with Gasteiger partial charge in [-0.25, -0.2) is 0 Å². The summed E-state index contributed by atoms with van der Waals surface area (Å²) in [5.74, 6) is 0.636. The molecule has 19 heavy (non-hydrogen) atoms. The average molecular weight is 287 g/mol. The number of fused-ring (bicyclic) bond motifs is 1. The summed E-state index contributed by atoms with van der Waals surface area (Å²) in [7, 11) is 0. The summed E-state index contributed by atoms with van der Waals surface area (Å²) in [6.45, 7) is 1.23. The molecule has 3 N–H and O–H groups in total. The van der Waals surface area contributed by atoms with Crippen molar-refractivity contribution in [1.82, 2.24) is 10.2 Å². The molecule has 0 aromatic carbocycles. The number of aliphatic imine (C=N–C) groups is 1. The lowest BCUT2D eigenvalue weighted by atomic mass is 10.0. The molecule has 2 saturated heterocycles. The van der Waals surface area contributed by atoms with Crippen molar-refractivity contribution in [3.8, 4) is 0 Å². The normalized spacial score (nSPS) is 27.4. The Kier molecular flexibility index (Phi) is 4.63. The van der Waals surface area contributed by atoms with Gasteiger partial charge in [0, 0.05) is 13.1 Å². The first kappa shape index (κ1) is 14.1. The molecule has 0 aromatic heterocycles. The molecule has 2 aliphatic heterocycles. The summed E-state index contributed by atoms with van der Waals surface area (Å²) in [6.07, 6.45) is 2.98. The second-order valence-corrected chi connectivity index (χ2v) is 5.17. The van der Waals surface area contributed by atoms with E-state index in [1.807, 2.05) is 0 Å². The maximum atomic E-state index is 12.2. The zero-order valence-corrected chi connectivity index (χ0v) is 11.5. The van der Waals surface area contributed by atoms with Crippen LogP contribution in [0.1, 0.15) is 25.7 Å². The predicted octanol–water partition coefficient (Wildman–Crippen LogP) is -0.148. The third-order valence-electron chi connectivity index (χ3n) is 3.56. The highest BCUT2D eigenvalue weighted by Crippen LogP contribution is 2.23. The van der Waals surface area contributed by atoms with E-state index in [9.17, 15) is 9.59 Å². The number of nitrogens with one attached hydrogen (secondary N) is 1. The van der Waals surface area contributed by atoms with E-state index in [0.29, 0.717) is 31.8 Å². The molecule has 2 fully saturated rings. The van der Waals surface area contributed by atoms with Crippen molar-refractivity contribution in [3.05, 3.63) is 0 Å². The molecular formula is C12H19ClN4O2. The Hall–Kier alpha value is -1.30. The standard InChI is InChI=1S/C12H19ClN4O2/c13-7-10(14)15-5-1-3-8-12(19)17-6-2-4-9(17)11(18)16-8/h8-9H,1-7H2,(H2,14,15)(H,16,18)/t8-,9+/m0/s1. The molecule has 2 rings (SSSR count). The SMILES string of the molecule is NC(CCl)=NCCC[C@@H]1NC(=O)[C@H]2CCCN2C1=O. The molecule has 0 spiro atoms. The molecule has 0 aliphatic carbocycles. The van der Waals surface area contributed by atoms with Gasteiger partial charge in [-0.3, -0.25) is 14.6 Å². The van der Waals surface area contributed by atoms with Crippen LogP contribution >= 0.6 is 11.6 Å². The van der Waals surface area contributed by atoms with Crippen molar-refractivity contribution < 1.29 is 9.59 Å². The maximum absolute atomic E-state index is 12.2. The molecule has 106 valence electrons.